The number of piperazine rings is 1. The van der Waals surface area contributed by atoms with Gasteiger partial charge in [-0.15, -0.1) is 5.10 Å². The molecule has 4 aromatic rings. The van der Waals surface area contributed by atoms with E-state index in [0.717, 1.165) is 37.6 Å². The fraction of sp³-hybridized carbons (Fsp3) is 0.364. The lowest BCUT2D eigenvalue weighted by Gasteiger charge is -2.33. The number of hydrogen-bond donors (Lipinski definition) is 0. The second kappa shape index (κ2) is 8.19. The van der Waals surface area contributed by atoms with Gasteiger partial charge < -0.3 is 9.32 Å². The number of hydrogen-bond acceptors (Lipinski definition) is 7. The van der Waals surface area contributed by atoms with Gasteiger partial charge in [0.25, 0.3) is 11.6 Å². The largest absolute Gasteiger partial charge is 0.423 e. The molecule has 9 nitrogen and oxygen atoms in total. The molecule has 3 aromatic heterocycles. The first-order valence-electron chi connectivity index (χ1n) is 10.6. The first-order valence-corrected chi connectivity index (χ1v) is 10.6. The molecular weight excluding hydrogens is 413 g/mol. The number of oxazole rings is 1. The number of halogens is 1. The quantitative estimate of drug-likeness (QED) is 0.473. The molecule has 1 aliphatic rings. The Morgan fingerprint density at radius 3 is 2.56 bits per heavy atom. The minimum Gasteiger partial charge on any atom is -0.423 e. The molecule has 1 saturated heterocycles. The topological polar surface area (TPSA) is 85.2 Å². The molecule has 4 heterocycles. The molecule has 0 aliphatic carbocycles. The van der Waals surface area contributed by atoms with E-state index in [1.165, 1.54) is 22.9 Å². The third-order valence-electron chi connectivity index (χ3n) is 5.69. The summed E-state index contributed by atoms with van der Waals surface area (Å²) in [7, 11) is 0. The predicted molar refractivity (Wildman–Crippen MR) is 118 cm³/mol. The number of anilines is 1. The van der Waals surface area contributed by atoms with Gasteiger partial charge in [-0.25, -0.2) is 13.8 Å². The van der Waals surface area contributed by atoms with E-state index < -0.39 is 0 Å². The molecule has 0 saturated carbocycles. The molecule has 0 bridgehead atoms. The average Bonchev–Trinajstić information content (AvgIpc) is 3.35. The van der Waals surface area contributed by atoms with Crippen molar-refractivity contribution in [3.63, 3.8) is 0 Å². The number of aryl methyl sites for hydroxylation is 2. The minimum atomic E-state index is -0.337. The Bertz CT molecular complexity index is 1320. The van der Waals surface area contributed by atoms with Crippen LogP contribution in [-0.4, -0.2) is 62.2 Å². The van der Waals surface area contributed by atoms with E-state index in [1.54, 1.807) is 16.8 Å². The van der Waals surface area contributed by atoms with Crippen molar-refractivity contribution in [1.82, 2.24) is 29.4 Å². The van der Waals surface area contributed by atoms with Crippen LogP contribution in [0.4, 0.5) is 10.4 Å². The zero-order valence-electron chi connectivity index (χ0n) is 18.0. The van der Waals surface area contributed by atoms with Gasteiger partial charge in [-0.05, 0) is 38.1 Å². The van der Waals surface area contributed by atoms with Gasteiger partial charge >= 0.3 is 0 Å². The van der Waals surface area contributed by atoms with Gasteiger partial charge in [0, 0.05) is 50.6 Å². The van der Waals surface area contributed by atoms with Gasteiger partial charge in [0.2, 0.25) is 0 Å². The van der Waals surface area contributed by atoms with Crippen LogP contribution in [0.3, 0.4) is 0 Å². The Balaban J connectivity index is 1.22. The summed E-state index contributed by atoms with van der Waals surface area (Å²) in [6.45, 7) is 8.18. The molecule has 5 rings (SSSR count). The lowest BCUT2D eigenvalue weighted by Crippen LogP contribution is -2.47. The molecule has 1 aromatic carbocycles. The molecule has 1 aliphatic heterocycles. The van der Waals surface area contributed by atoms with Crippen LogP contribution >= 0.6 is 0 Å². The highest BCUT2D eigenvalue weighted by atomic mass is 19.1. The van der Waals surface area contributed by atoms with E-state index in [0.29, 0.717) is 36.0 Å². The van der Waals surface area contributed by atoms with Crippen LogP contribution < -0.4 is 10.5 Å². The first-order chi connectivity index (χ1) is 15.5. The maximum Gasteiger partial charge on any atom is 0.298 e. The van der Waals surface area contributed by atoms with Crippen molar-refractivity contribution in [2.75, 3.05) is 37.6 Å². The van der Waals surface area contributed by atoms with Crippen molar-refractivity contribution in [1.29, 1.82) is 0 Å². The van der Waals surface area contributed by atoms with Crippen molar-refractivity contribution in [2.24, 2.45) is 0 Å². The van der Waals surface area contributed by atoms with Crippen molar-refractivity contribution in [2.45, 2.75) is 20.4 Å². The van der Waals surface area contributed by atoms with Crippen LogP contribution in [-0.2, 0) is 6.54 Å². The Morgan fingerprint density at radius 1 is 1.00 bits per heavy atom. The van der Waals surface area contributed by atoms with Gasteiger partial charge in [0.05, 0.1) is 12.2 Å². The second-order valence-electron chi connectivity index (χ2n) is 8.03. The summed E-state index contributed by atoms with van der Waals surface area (Å²) < 4.78 is 22.4. The molecule has 0 unspecified atom stereocenters. The summed E-state index contributed by atoms with van der Waals surface area (Å²) in [4.78, 5) is 21.1. The maximum atomic E-state index is 13.4. The lowest BCUT2D eigenvalue weighted by atomic mass is 10.3. The number of rotatable bonds is 5. The average molecular weight is 437 g/mol. The molecule has 32 heavy (non-hydrogen) atoms. The Kier molecular flexibility index (Phi) is 5.22. The molecule has 0 radical (unpaired) electrons. The van der Waals surface area contributed by atoms with E-state index in [4.69, 9.17) is 4.42 Å². The number of nitrogens with zero attached hydrogens (tertiary/aromatic N) is 7. The fourth-order valence-corrected chi connectivity index (χ4v) is 3.99. The molecule has 166 valence electrons. The number of fused-ring (bicyclic) bond motifs is 1. The first kappa shape index (κ1) is 20.4. The van der Waals surface area contributed by atoms with Crippen molar-refractivity contribution in [3.8, 4) is 5.82 Å². The van der Waals surface area contributed by atoms with Crippen molar-refractivity contribution >= 4 is 17.1 Å². The van der Waals surface area contributed by atoms with Gasteiger partial charge in [-0.3, -0.25) is 9.69 Å². The molecule has 0 amide bonds. The zero-order valence-corrected chi connectivity index (χ0v) is 18.0. The molecule has 0 atom stereocenters. The molecular formula is C22H24FN7O2. The number of benzene rings is 1. The normalized spacial score (nSPS) is 15.0. The van der Waals surface area contributed by atoms with Crippen LogP contribution in [0.2, 0.25) is 0 Å². The smallest absolute Gasteiger partial charge is 0.298 e. The SMILES string of the molecule is Cc1cc(C)n(-c2ccc(=O)n(CCN3CCN(c4nc5ccc(F)cc5o4)CC3)n2)n1. The van der Waals surface area contributed by atoms with E-state index in [2.05, 4.69) is 25.0 Å². The summed E-state index contributed by atoms with van der Waals surface area (Å²) in [6, 6.07) is 10.1. The third-order valence-corrected chi connectivity index (χ3v) is 5.69. The highest BCUT2D eigenvalue weighted by molar-refractivity contribution is 5.74. The summed E-state index contributed by atoms with van der Waals surface area (Å²) in [5.41, 5.74) is 2.85. The van der Waals surface area contributed by atoms with Gasteiger partial charge in [0.1, 0.15) is 11.3 Å². The zero-order chi connectivity index (χ0) is 22.2. The summed E-state index contributed by atoms with van der Waals surface area (Å²) in [6.07, 6.45) is 0. The monoisotopic (exact) mass is 437 g/mol. The van der Waals surface area contributed by atoms with E-state index in [-0.39, 0.29) is 11.4 Å². The van der Waals surface area contributed by atoms with Crippen LogP contribution in [0.1, 0.15) is 11.4 Å². The van der Waals surface area contributed by atoms with Crippen LogP contribution in [0.15, 0.2) is 45.6 Å². The molecule has 1 fully saturated rings. The van der Waals surface area contributed by atoms with Crippen molar-refractivity contribution < 1.29 is 8.81 Å². The Morgan fingerprint density at radius 2 is 1.81 bits per heavy atom. The Labute approximate surface area is 183 Å². The van der Waals surface area contributed by atoms with Crippen LogP contribution in [0, 0.1) is 19.7 Å². The van der Waals surface area contributed by atoms with Crippen LogP contribution in [0.25, 0.3) is 16.9 Å². The summed E-state index contributed by atoms with van der Waals surface area (Å²) in [5, 5.41) is 8.95. The maximum absolute atomic E-state index is 13.4. The fourth-order valence-electron chi connectivity index (χ4n) is 3.99. The van der Waals surface area contributed by atoms with Crippen LogP contribution in [0.5, 0.6) is 0 Å². The van der Waals surface area contributed by atoms with Crippen molar-refractivity contribution in [3.05, 3.63) is 64.0 Å². The van der Waals surface area contributed by atoms with Gasteiger partial charge in [0.15, 0.2) is 11.4 Å². The van der Waals surface area contributed by atoms with E-state index in [9.17, 15) is 9.18 Å². The molecule has 0 N–H and O–H groups in total. The second-order valence-corrected chi connectivity index (χ2v) is 8.03. The highest BCUT2D eigenvalue weighted by Crippen LogP contribution is 2.23. The minimum absolute atomic E-state index is 0.132. The lowest BCUT2D eigenvalue weighted by molar-refractivity contribution is 0.239. The third kappa shape index (κ3) is 4.01. The standard InChI is InChI=1S/C22H24FN7O2/c1-15-13-16(2)30(25-15)20-5-6-21(31)29(26-20)12-9-27-7-10-28(11-8-27)22-24-18-4-3-17(23)14-19(18)32-22/h3-6,13-14H,7-12H2,1-2H3. The van der Waals surface area contributed by atoms with Gasteiger partial charge in [-0.1, -0.05) is 0 Å². The highest BCUT2D eigenvalue weighted by Gasteiger charge is 2.21. The molecule has 0 spiro atoms. The number of aromatic nitrogens is 5. The van der Waals surface area contributed by atoms with E-state index in [1.807, 2.05) is 19.9 Å². The van der Waals surface area contributed by atoms with Gasteiger partial charge in [-0.2, -0.15) is 10.1 Å². The summed E-state index contributed by atoms with van der Waals surface area (Å²) in [5.74, 6) is 0.295. The molecule has 10 heteroatoms. The summed E-state index contributed by atoms with van der Waals surface area (Å²) >= 11 is 0. The predicted octanol–water partition coefficient (Wildman–Crippen LogP) is 2.15. The Hall–Kier alpha value is -3.53. The van der Waals surface area contributed by atoms with E-state index >= 15 is 0 Å².